The van der Waals surface area contributed by atoms with Gasteiger partial charge in [0.15, 0.2) is 5.29 Å². The molecule has 3 heterocycles. The molecule has 7 rings (SSSR count). The lowest BCUT2D eigenvalue weighted by molar-refractivity contribution is 0.625. The van der Waals surface area contributed by atoms with Crippen molar-refractivity contribution in [2.24, 2.45) is 4.99 Å². The maximum Gasteiger partial charge on any atom is 0.206 e. The number of amidine groups is 1. The SMILES string of the molecule is ClC1=NC(c2cc3oc4ccccc4c3c3ccccc23)c2c(oc3ccccc23)N1. The van der Waals surface area contributed by atoms with Gasteiger partial charge in [0.1, 0.15) is 22.8 Å². The molecule has 1 N–H and O–H groups in total. The van der Waals surface area contributed by atoms with E-state index in [1.807, 2.05) is 36.4 Å². The second kappa shape index (κ2) is 6.13. The van der Waals surface area contributed by atoms with Gasteiger partial charge in [0.05, 0.1) is 5.56 Å². The number of furan rings is 2. The van der Waals surface area contributed by atoms with Crippen molar-refractivity contribution in [3.8, 4) is 0 Å². The summed E-state index contributed by atoms with van der Waals surface area (Å²) < 4.78 is 12.3. The lowest BCUT2D eigenvalue weighted by Gasteiger charge is -2.21. The molecule has 148 valence electrons. The van der Waals surface area contributed by atoms with Gasteiger partial charge in [-0.25, -0.2) is 4.99 Å². The first-order valence-corrected chi connectivity index (χ1v) is 10.5. The van der Waals surface area contributed by atoms with Gasteiger partial charge in [-0.1, -0.05) is 60.7 Å². The Labute approximate surface area is 181 Å². The number of nitrogens with one attached hydrogen (secondary N) is 1. The van der Waals surface area contributed by atoms with Gasteiger partial charge in [-0.15, -0.1) is 0 Å². The number of para-hydroxylation sites is 2. The molecule has 6 aromatic rings. The van der Waals surface area contributed by atoms with E-state index >= 15 is 0 Å². The third-order valence-electron chi connectivity index (χ3n) is 6.08. The van der Waals surface area contributed by atoms with Gasteiger partial charge >= 0.3 is 0 Å². The van der Waals surface area contributed by atoms with E-state index in [1.54, 1.807) is 0 Å². The van der Waals surface area contributed by atoms with Crippen molar-refractivity contribution in [1.82, 2.24) is 0 Å². The number of rotatable bonds is 1. The molecular weight excluding hydrogens is 408 g/mol. The zero-order valence-electron chi connectivity index (χ0n) is 16.2. The largest absolute Gasteiger partial charge is 0.456 e. The molecule has 0 radical (unpaired) electrons. The molecule has 4 aromatic carbocycles. The van der Waals surface area contributed by atoms with E-state index in [-0.39, 0.29) is 6.04 Å². The average Bonchev–Trinajstić information content (AvgIpc) is 3.36. The molecule has 5 heteroatoms. The van der Waals surface area contributed by atoms with Crippen LogP contribution in [0.1, 0.15) is 17.2 Å². The summed E-state index contributed by atoms with van der Waals surface area (Å²) in [7, 11) is 0. The first-order chi connectivity index (χ1) is 15.3. The van der Waals surface area contributed by atoms with Crippen molar-refractivity contribution < 1.29 is 8.83 Å². The molecule has 2 aromatic heterocycles. The van der Waals surface area contributed by atoms with Crippen LogP contribution in [0.15, 0.2) is 92.7 Å². The topological polar surface area (TPSA) is 50.7 Å². The number of halogens is 1. The van der Waals surface area contributed by atoms with Crippen LogP contribution in [-0.2, 0) is 0 Å². The van der Waals surface area contributed by atoms with Crippen LogP contribution in [-0.4, -0.2) is 5.29 Å². The summed E-state index contributed by atoms with van der Waals surface area (Å²) in [5.74, 6) is 0.639. The van der Waals surface area contributed by atoms with Crippen LogP contribution < -0.4 is 5.32 Å². The maximum atomic E-state index is 6.41. The highest BCUT2D eigenvalue weighted by molar-refractivity contribution is 6.67. The lowest BCUT2D eigenvalue weighted by atomic mass is 9.91. The number of fused-ring (bicyclic) bond motifs is 8. The van der Waals surface area contributed by atoms with Crippen LogP contribution in [0, 0.1) is 0 Å². The third-order valence-corrected chi connectivity index (χ3v) is 6.27. The molecule has 0 saturated heterocycles. The first-order valence-electron chi connectivity index (χ1n) is 10.1. The first kappa shape index (κ1) is 17.0. The molecule has 0 aliphatic carbocycles. The molecule has 1 unspecified atom stereocenters. The summed E-state index contributed by atoms with van der Waals surface area (Å²) >= 11 is 6.41. The summed E-state index contributed by atoms with van der Waals surface area (Å²) in [6.07, 6.45) is 0. The van der Waals surface area contributed by atoms with E-state index in [9.17, 15) is 0 Å². The van der Waals surface area contributed by atoms with Gasteiger partial charge in [0, 0.05) is 16.2 Å². The predicted molar refractivity (Wildman–Crippen MR) is 126 cm³/mol. The molecule has 1 aliphatic heterocycles. The van der Waals surface area contributed by atoms with Gasteiger partial charge in [0.25, 0.3) is 0 Å². The number of nitrogens with zero attached hydrogens (tertiary/aromatic N) is 1. The highest BCUT2D eigenvalue weighted by Gasteiger charge is 2.30. The zero-order valence-corrected chi connectivity index (χ0v) is 17.0. The normalized spacial score (nSPS) is 16.0. The van der Waals surface area contributed by atoms with E-state index in [4.69, 9.17) is 25.4 Å². The van der Waals surface area contributed by atoms with E-state index in [0.717, 1.165) is 54.8 Å². The molecule has 0 spiro atoms. The van der Waals surface area contributed by atoms with Crippen LogP contribution >= 0.6 is 11.6 Å². The Hall–Kier alpha value is -3.76. The highest BCUT2D eigenvalue weighted by atomic mass is 35.5. The number of hydrogen-bond donors (Lipinski definition) is 1. The number of aliphatic imine (C=N–C) groups is 1. The van der Waals surface area contributed by atoms with Crippen LogP contribution in [0.25, 0.3) is 43.7 Å². The number of anilines is 1. The second-order valence-electron chi connectivity index (χ2n) is 7.77. The van der Waals surface area contributed by atoms with Gasteiger partial charge < -0.3 is 14.2 Å². The van der Waals surface area contributed by atoms with Gasteiger partial charge in [-0.2, -0.15) is 0 Å². The highest BCUT2D eigenvalue weighted by Crippen LogP contribution is 2.46. The predicted octanol–water partition coefficient (Wildman–Crippen LogP) is 7.60. The quantitative estimate of drug-likeness (QED) is 0.277. The molecule has 31 heavy (non-hydrogen) atoms. The van der Waals surface area contributed by atoms with Crippen molar-refractivity contribution in [3.63, 3.8) is 0 Å². The summed E-state index contributed by atoms with van der Waals surface area (Å²) in [6.45, 7) is 0. The molecule has 0 bridgehead atoms. The minimum atomic E-state index is -0.310. The van der Waals surface area contributed by atoms with Crippen molar-refractivity contribution in [2.45, 2.75) is 6.04 Å². The lowest BCUT2D eigenvalue weighted by Crippen LogP contribution is -2.15. The van der Waals surface area contributed by atoms with E-state index in [0.29, 0.717) is 11.2 Å². The molecule has 0 amide bonds. The molecule has 1 aliphatic rings. The minimum absolute atomic E-state index is 0.310. The van der Waals surface area contributed by atoms with Gasteiger partial charge in [-0.05, 0) is 46.1 Å². The third kappa shape index (κ3) is 2.34. The summed E-state index contributed by atoms with van der Waals surface area (Å²) in [4.78, 5) is 4.80. The Morgan fingerprint density at radius 1 is 0.710 bits per heavy atom. The summed E-state index contributed by atoms with van der Waals surface area (Å²) in [6, 6.07) is 26.3. The van der Waals surface area contributed by atoms with Crippen molar-refractivity contribution in [1.29, 1.82) is 0 Å². The minimum Gasteiger partial charge on any atom is -0.456 e. The van der Waals surface area contributed by atoms with Crippen molar-refractivity contribution >= 4 is 66.5 Å². The maximum absolute atomic E-state index is 6.41. The standard InChI is InChI=1S/C26H15ClN2O2/c27-26-28-24(23-17-10-4-6-12-20(17)31-25(23)29-26)18-13-21-22(15-8-2-1-7-14(15)18)16-9-3-5-11-19(16)30-21/h1-13,24H,(H,28,29). The molecule has 0 fully saturated rings. The second-order valence-corrected chi connectivity index (χ2v) is 8.13. The van der Waals surface area contributed by atoms with E-state index < -0.39 is 0 Å². The summed E-state index contributed by atoms with van der Waals surface area (Å²) in [5, 5.41) is 8.91. The smallest absolute Gasteiger partial charge is 0.206 e. The van der Waals surface area contributed by atoms with E-state index in [1.165, 1.54) is 0 Å². The van der Waals surface area contributed by atoms with Crippen LogP contribution in [0.3, 0.4) is 0 Å². The van der Waals surface area contributed by atoms with Crippen LogP contribution in [0.4, 0.5) is 5.88 Å². The summed E-state index contributed by atoms with van der Waals surface area (Å²) in [5.41, 5.74) is 4.55. The van der Waals surface area contributed by atoms with Crippen LogP contribution in [0.5, 0.6) is 0 Å². The Kier molecular flexibility index (Phi) is 3.35. The Bertz CT molecular complexity index is 1690. The fourth-order valence-corrected chi connectivity index (χ4v) is 4.98. The van der Waals surface area contributed by atoms with Crippen molar-refractivity contribution in [3.05, 3.63) is 90.0 Å². The molecule has 1 atom stereocenters. The fraction of sp³-hybridized carbons (Fsp3) is 0.0385. The number of benzene rings is 4. The Balaban J connectivity index is 1.61. The monoisotopic (exact) mass is 422 g/mol. The molecular formula is C26H15ClN2O2. The van der Waals surface area contributed by atoms with Gasteiger partial charge in [0.2, 0.25) is 5.88 Å². The molecule has 0 saturated carbocycles. The van der Waals surface area contributed by atoms with Gasteiger partial charge in [-0.3, -0.25) is 0 Å². The van der Waals surface area contributed by atoms with Crippen LogP contribution in [0.2, 0.25) is 0 Å². The Morgan fingerprint density at radius 2 is 1.35 bits per heavy atom. The average molecular weight is 423 g/mol. The van der Waals surface area contributed by atoms with Crippen molar-refractivity contribution in [2.75, 3.05) is 5.32 Å². The Morgan fingerprint density at radius 3 is 2.16 bits per heavy atom. The zero-order chi connectivity index (χ0) is 20.5. The van der Waals surface area contributed by atoms with E-state index in [2.05, 4.69) is 47.8 Å². The number of hydrogen-bond acceptors (Lipinski definition) is 4. The molecule has 4 nitrogen and oxygen atoms in total. The fourth-order valence-electron chi connectivity index (χ4n) is 4.80.